The maximum Gasteiger partial charge on any atom is 0.247 e. The third-order valence-corrected chi connectivity index (χ3v) is 11.2. The second-order valence-electron chi connectivity index (χ2n) is 10.6. The van der Waals surface area contributed by atoms with Crippen LogP contribution in [-0.4, -0.2) is 58.1 Å². The lowest BCUT2D eigenvalue weighted by Crippen LogP contribution is -2.45. The van der Waals surface area contributed by atoms with E-state index in [1.165, 1.54) is 36.9 Å². The third kappa shape index (κ3) is 5.42. The van der Waals surface area contributed by atoms with Gasteiger partial charge in [-0.25, -0.2) is 16.8 Å². The van der Waals surface area contributed by atoms with Gasteiger partial charge in [-0.1, -0.05) is 36.4 Å². The number of nitrogens with zero attached hydrogens (tertiary/aromatic N) is 3. The first kappa shape index (κ1) is 29.4. The predicted octanol–water partition coefficient (Wildman–Crippen LogP) is 3.34. The topological polar surface area (TPSA) is 163 Å². The lowest BCUT2D eigenvalue weighted by molar-refractivity contribution is -0.119. The first-order chi connectivity index (χ1) is 19.7. The molecule has 0 spiro atoms. The molecule has 0 unspecified atom stereocenters. The van der Waals surface area contributed by atoms with Gasteiger partial charge in [-0.05, 0) is 60.9 Å². The number of amides is 1. The van der Waals surface area contributed by atoms with Gasteiger partial charge in [0.25, 0.3) is 0 Å². The summed E-state index contributed by atoms with van der Waals surface area (Å²) in [6, 6.07) is 18.2. The van der Waals surface area contributed by atoms with Crippen LogP contribution in [0.15, 0.2) is 76.0 Å². The molecule has 2 heterocycles. The van der Waals surface area contributed by atoms with Crippen molar-refractivity contribution in [3.05, 3.63) is 78.2 Å². The molecule has 1 aromatic heterocycles. The number of hydrogen-bond acceptors (Lipinski definition) is 10. The van der Waals surface area contributed by atoms with Crippen molar-refractivity contribution in [2.45, 2.75) is 36.1 Å². The number of aromatic nitrogens is 2. The van der Waals surface area contributed by atoms with Crippen LogP contribution >= 0.6 is 0 Å². The number of nitrogens with two attached hydrogens (primary N) is 1. The Kier molecular flexibility index (Phi) is 7.46. The summed E-state index contributed by atoms with van der Waals surface area (Å²) in [5.74, 6) is -0.493. The average Bonchev–Trinajstić information content (AvgIpc) is 3.44. The van der Waals surface area contributed by atoms with Crippen molar-refractivity contribution in [1.82, 2.24) is 10.2 Å². The minimum Gasteiger partial charge on any atom is -0.497 e. The molecular formula is C29H30N4O7S2. The summed E-state index contributed by atoms with van der Waals surface area (Å²) >= 11 is 0. The second-order valence-corrected chi connectivity index (χ2v) is 15.2. The highest BCUT2D eigenvalue weighted by atomic mass is 32.2. The van der Waals surface area contributed by atoms with E-state index in [1.807, 2.05) is 48.5 Å². The summed E-state index contributed by atoms with van der Waals surface area (Å²) in [6.45, 7) is 2.95. The van der Waals surface area contributed by atoms with Crippen LogP contribution in [0.2, 0.25) is 0 Å². The maximum atomic E-state index is 13.4. The van der Waals surface area contributed by atoms with E-state index in [9.17, 15) is 21.6 Å². The largest absolute Gasteiger partial charge is 0.497 e. The van der Waals surface area contributed by atoms with Crippen molar-refractivity contribution in [1.29, 1.82) is 0 Å². The van der Waals surface area contributed by atoms with Crippen molar-refractivity contribution < 1.29 is 30.8 Å². The normalized spacial score (nSPS) is 17.0. The summed E-state index contributed by atoms with van der Waals surface area (Å²) in [6.07, 6.45) is 1.07. The van der Waals surface area contributed by atoms with Gasteiger partial charge in [-0.15, -0.1) is 10.2 Å². The molecule has 3 aromatic carbocycles. The summed E-state index contributed by atoms with van der Waals surface area (Å²) < 4.78 is 60.4. The van der Waals surface area contributed by atoms with Gasteiger partial charge in [-0.2, -0.15) is 0 Å². The SMILES string of the molecule is COc1ccc(-c2ccc(CN3C(=O)[C@@H](N)CS(=O)(=O)c4ccc(-c5nnc(C(C)(C)S(C)(=O)=O)o5)cc43)cc2)cc1. The molecule has 220 valence electrons. The van der Waals surface area contributed by atoms with Gasteiger partial charge in [0.1, 0.15) is 10.5 Å². The second kappa shape index (κ2) is 10.6. The van der Waals surface area contributed by atoms with E-state index in [4.69, 9.17) is 14.9 Å². The molecule has 1 atom stereocenters. The first-order valence-electron chi connectivity index (χ1n) is 12.9. The molecule has 0 radical (unpaired) electrons. The van der Waals surface area contributed by atoms with Gasteiger partial charge in [0.2, 0.25) is 17.7 Å². The fourth-order valence-corrected chi connectivity index (χ4v) is 6.47. The highest BCUT2D eigenvalue weighted by Crippen LogP contribution is 2.37. The Balaban J connectivity index is 1.53. The zero-order valence-corrected chi connectivity index (χ0v) is 25.1. The number of carbonyl (C=O) groups excluding carboxylic acids is 1. The molecule has 1 amide bonds. The zero-order valence-electron chi connectivity index (χ0n) is 23.4. The quantitative estimate of drug-likeness (QED) is 0.328. The van der Waals surface area contributed by atoms with E-state index < -0.39 is 42.1 Å². The summed E-state index contributed by atoms with van der Waals surface area (Å²) in [4.78, 5) is 14.7. The predicted molar refractivity (Wildman–Crippen MR) is 157 cm³/mol. The van der Waals surface area contributed by atoms with Gasteiger partial charge in [-0.3, -0.25) is 4.79 Å². The lowest BCUT2D eigenvalue weighted by atomic mass is 10.0. The number of rotatable bonds is 7. The number of methoxy groups -OCH3 is 1. The molecule has 0 fully saturated rings. The molecule has 11 nitrogen and oxygen atoms in total. The van der Waals surface area contributed by atoms with Crippen molar-refractivity contribution in [3.63, 3.8) is 0 Å². The lowest BCUT2D eigenvalue weighted by Gasteiger charge is -2.24. The Labute approximate surface area is 244 Å². The first-order valence-corrected chi connectivity index (χ1v) is 16.5. The number of anilines is 1. The molecule has 1 aliphatic heterocycles. The van der Waals surface area contributed by atoms with E-state index in [0.717, 1.165) is 28.7 Å². The molecule has 0 saturated carbocycles. The molecule has 1 aliphatic rings. The fourth-order valence-electron chi connectivity index (χ4n) is 4.51. The van der Waals surface area contributed by atoms with E-state index in [-0.39, 0.29) is 28.9 Å². The summed E-state index contributed by atoms with van der Waals surface area (Å²) in [7, 11) is -5.90. The number of sulfone groups is 2. The van der Waals surface area contributed by atoms with Crippen LogP contribution in [0.5, 0.6) is 5.75 Å². The van der Waals surface area contributed by atoms with Crippen molar-refractivity contribution in [2.75, 3.05) is 24.0 Å². The van der Waals surface area contributed by atoms with Crippen LogP contribution in [0.3, 0.4) is 0 Å². The Morgan fingerprint density at radius 1 is 1.00 bits per heavy atom. The Hall–Kier alpha value is -4.07. The van der Waals surface area contributed by atoms with Gasteiger partial charge in [0.05, 0.1) is 36.0 Å². The van der Waals surface area contributed by atoms with Crippen LogP contribution in [0.25, 0.3) is 22.6 Å². The molecule has 13 heteroatoms. The standard InChI is InChI=1S/C29H30N4O7S2/c1-29(2,41(4,35)36)28-32-31-26(40-28)21-11-14-25-24(15-21)33(27(34)23(30)17-42(25,37)38)16-18-5-7-19(8-6-18)20-9-12-22(39-3)13-10-20/h5-15,23H,16-17,30H2,1-4H3/t23-/m0/s1. The van der Waals surface area contributed by atoms with Crippen LogP contribution < -0.4 is 15.4 Å². The maximum absolute atomic E-state index is 13.4. The smallest absolute Gasteiger partial charge is 0.247 e. The van der Waals surface area contributed by atoms with E-state index in [2.05, 4.69) is 10.2 Å². The molecular weight excluding hydrogens is 580 g/mol. The van der Waals surface area contributed by atoms with Crippen molar-refractivity contribution in [2.24, 2.45) is 5.73 Å². The molecule has 2 N–H and O–H groups in total. The molecule has 0 saturated heterocycles. The zero-order chi connectivity index (χ0) is 30.4. The molecule has 42 heavy (non-hydrogen) atoms. The number of ether oxygens (including phenoxy) is 1. The molecule has 4 aromatic rings. The average molecular weight is 611 g/mol. The van der Waals surface area contributed by atoms with Crippen LogP contribution in [0.1, 0.15) is 25.3 Å². The minimum absolute atomic E-state index is 0.0216. The summed E-state index contributed by atoms with van der Waals surface area (Å²) in [5.41, 5.74) is 9.18. The van der Waals surface area contributed by atoms with Crippen LogP contribution in [0.4, 0.5) is 5.69 Å². The minimum atomic E-state index is -3.91. The Morgan fingerprint density at radius 2 is 1.60 bits per heavy atom. The van der Waals surface area contributed by atoms with Crippen molar-refractivity contribution in [3.8, 4) is 28.3 Å². The van der Waals surface area contributed by atoms with Crippen LogP contribution in [0, 0.1) is 0 Å². The van der Waals surface area contributed by atoms with Gasteiger partial charge < -0.3 is 19.8 Å². The number of carbonyl (C=O) groups is 1. The number of hydrogen-bond donors (Lipinski definition) is 1. The molecule has 0 bridgehead atoms. The number of benzene rings is 3. The summed E-state index contributed by atoms with van der Waals surface area (Å²) in [5, 5.41) is 7.93. The van der Waals surface area contributed by atoms with Crippen molar-refractivity contribution >= 4 is 31.3 Å². The highest BCUT2D eigenvalue weighted by Gasteiger charge is 2.39. The Morgan fingerprint density at radius 3 is 2.19 bits per heavy atom. The van der Waals surface area contributed by atoms with Gasteiger partial charge in [0.15, 0.2) is 19.7 Å². The van der Waals surface area contributed by atoms with E-state index >= 15 is 0 Å². The van der Waals surface area contributed by atoms with Gasteiger partial charge >= 0.3 is 0 Å². The van der Waals surface area contributed by atoms with E-state index in [0.29, 0.717) is 5.56 Å². The van der Waals surface area contributed by atoms with Gasteiger partial charge in [0, 0.05) is 11.8 Å². The molecule has 0 aliphatic carbocycles. The third-order valence-electron chi connectivity index (χ3n) is 7.40. The number of fused-ring (bicyclic) bond motifs is 1. The highest BCUT2D eigenvalue weighted by molar-refractivity contribution is 7.92. The molecule has 5 rings (SSSR count). The van der Waals surface area contributed by atoms with E-state index in [1.54, 1.807) is 7.11 Å². The monoisotopic (exact) mass is 610 g/mol. The fraction of sp³-hybridized carbons (Fsp3) is 0.276. The van der Waals surface area contributed by atoms with Crippen LogP contribution in [-0.2, 0) is 35.8 Å². The Bertz CT molecular complexity index is 1870.